The topological polar surface area (TPSA) is 9.23 Å². The molecule has 2 heteroatoms. The van der Waals surface area contributed by atoms with Crippen LogP contribution in [0.3, 0.4) is 0 Å². The van der Waals surface area contributed by atoms with Crippen molar-refractivity contribution in [2.45, 2.75) is 13.3 Å². The number of allylic oxidation sites excluding steroid dienone is 3. The summed E-state index contributed by atoms with van der Waals surface area (Å²) in [6, 6.07) is 0. The van der Waals surface area contributed by atoms with Crippen molar-refractivity contribution in [2.75, 3.05) is 7.11 Å². The maximum atomic E-state index is 5.14. The summed E-state index contributed by atoms with van der Waals surface area (Å²) >= 11 is 2.35. The smallest absolute Gasteiger partial charge is 0.118 e. The van der Waals surface area contributed by atoms with Gasteiger partial charge in [-0.3, -0.25) is 0 Å². The third-order valence-corrected chi connectivity index (χ3v) is 2.81. The second-order valence-corrected chi connectivity index (χ2v) is 3.51. The summed E-state index contributed by atoms with van der Waals surface area (Å²) in [7, 11) is 1.71. The summed E-state index contributed by atoms with van der Waals surface area (Å²) in [5.41, 5.74) is 1.27. The highest BCUT2D eigenvalue weighted by Gasteiger charge is 2.09. The Kier molecular flexibility index (Phi) is 2.77. The minimum Gasteiger partial charge on any atom is -0.497 e. The molecular formula is C8H10IO. The number of hydrogen-bond donors (Lipinski definition) is 0. The van der Waals surface area contributed by atoms with E-state index in [-0.39, 0.29) is 0 Å². The third kappa shape index (κ3) is 1.54. The SMILES string of the molecule is COC1=C[CH]CC(I)=C1C. The van der Waals surface area contributed by atoms with Crippen molar-refractivity contribution < 1.29 is 4.74 Å². The summed E-state index contributed by atoms with van der Waals surface area (Å²) in [4.78, 5) is 0. The van der Waals surface area contributed by atoms with Crippen LogP contribution in [0.15, 0.2) is 21.0 Å². The van der Waals surface area contributed by atoms with Crippen LogP contribution >= 0.6 is 22.6 Å². The zero-order valence-corrected chi connectivity index (χ0v) is 8.31. The van der Waals surface area contributed by atoms with Crippen LogP contribution in [0, 0.1) is 6.42 Å². The van der Waals surface area contributed by atoms with Crippen LogP contribution in [-0.2, 0) is 4.74 Å². The molecule has 55 valence electrons. The van der Waals surface area contributed by atoms with Crippen molar-refractivity contribution in [3.8, 4) is 0 Å². The first kappa shape index (κ1) is 8.11. The molecule has 1 aliphatic carbocycles. The largest absolute Gasteiger partial charge is 0.497 e. The average Bonchev–Trinajstić information content (AvgIpc) is 1.95. The molecule has 0 aromatic heterocycles. The van der Waals surface area contributed by atoms with Crippen LogP contribution < -0.4 is 0 Å². The van der Waals surface area contributed by atoms with E-state index in [1.807, 2.05) is 6.08 Å². The van der Waals surface area contributed by atoms with Crippen LogP contribution in [0.2, 0.25) is 0 Å². The molecule has 0 spiro atoms. The van der Waals surface area contributed by atoms with Gasteiger partial charge >= 0.3 is 0 Å². The molecule has 0 saturated carbocycles. The van der Waals surface area contributed by atoms with Crippen LogP contribution in [0.4, 0.5) is 0 Å². The minimum absolute atomic E-state index is 0.996. The van der Waals surface area contributed by atoms with Crippen LogP contribution in [0.1, 0.15) is 13.3 Å². The first-order valence-electron chi connectivity index (χ1n) is 3.19. The van der Waals surface area contributed by atoms with Gasteiger partial charge in [0.05, 0.1) is 7.11 Å². The quantitative estimate of drug-likeness (QED) is 0.649. The fourth-order valence-corrected chi connectivity index (χ4v) is 1.42. The zero-order valence-electron chi connectivity index (χ0n) is 6.15. The van der Waals surface area contributed by atoms with Crippen LogP contribution in [0.5, 0.6) is 0 Å². The van der Waals surface area contributed by atoms with Gasteiger partial charge in [-0.25, -0.2) is 0 Å². The maximum absolute atomic E-state index is 5.14. The summed E-state index contributed by atoms with van der Waals surface area (Å²) in [5, 5.41) is 0. The van der Waals surface area contributed by atoms with E-state index in [1.54, 1.807) is 7.11 Å². The normalized spacial score (nSPS) is 18.9. The van der Waals surface area contributed by atoms with Gasteiger partial charge in [0.25, 0.3) is 0 Å². The van der Waals surface area contributed by atoms with Gasteiger partial charge in [-0.15, -0.1) is 0 Å². The highest BCUT2D eigenvalue weighted by atomic mass is 127. The first-order valence-corrected chi connectivity index (χ1v) is 4.26. The number of rotatable bonds is 1. The molecule has 0 saturated heterocycles. The van der Waals surface area contributed by atoms with Gasteiger partial charge in [-0.2, -0.15) is 0 Å². The molecule has 0 aromatic carbocycles. The van der Waals surface area contributed by atoms with Gasteiger partial charge in [-0.05, 0) is 57.6 Å². The van der Waals surface area contributed by atoms with Gasteiger partial charge in [0.1, 0.15) is 5.76 Å². The molecule has 0 fully saturated rings. The molecule has 0 N–H and O–H groups in total. The van der Waals surface area contributed by atoms with E-state index in [1.165, 1.54) is 9.15 Å². The predicted molar refractivity (Wildman–Crippen MR) is 50.7 cm³/mol. The summed E-state index contributed by atoms with van der Waals surface area (Å²) in [6.45, 7) is 2.09. The van der Waals surface area contributed by atoms with Gasteiger partial charge in [0, 0.05) is 0 Å². The summed E-state index contributed by atoms with van der Waals surface area (Å²) in [5.74, 6) is 0.996. The molecule has 0 aliphatic heterocycles. The fourth-order valence-electron chi connectivity index (χ4n) is 0.902. The van der Waals surface area contributed by atoms with E-state index < -0.39 is 0 Å². The van der Waals surface area contributed by atoms with Crippen molar-refractivity contribution in [3.05, 3.63) is 27.4 Å². The second-order valence-electron chi connectivity index (χ2n) is 2.20. The molecule has 1 radical (unpaired) electrons. The fraction of sp³-hybridized carbons (Fsp3) is 0.375. The van der Waals surface area contributed by atoms with E-state index in [2.05, 4.69) is 35.9 Å². The number of halogens is 1. The Morgan fingerprint density at radius 2 is 2.30 bits per heavy atom. The predicted octanol–water partition coefficient (Wildman–Crippen LogP) is 2.83. The molecule has 0 heterocycles. The van der Waals surface area contributed by atoms with E-state index in [9.17, 15) is 0 Å². The van der Waals surface area contributed by atoms with E-state index in [0.29, 0.717) is 0 Å². The van der Waals surface area contributed by atoms with E-state index >= 15 is 0 Å². The highest BCUT2D eigenvalue weighted by Crippen LogP contribution is 2.28. The standard InChI is InChI=1S/C8H10IO/c1-6-7(9)4-3-5-8(6)10-2/h3,5H,4H2,1-2H3. The lowest BCUT2D eigenvalue weighted by molar-refractivity contribution is 0.299. The first-order chi connectivity index (χ1) is 4.75. The Labute approximate surface area is 75.3 Å². The molecule has 0 atom stereocenters. The summed E-state index contributed by atoms with van der Waals surface area (Å²) < 4.78 is 6.51. The van der Waals surface area contributed by atoms with Crippen LogP contribution in [0.25, 0.3) is 0 Å². The number of hydrogen-bond acceptors (Lipinski definition) is 1. The van der Waals surface area contributed by atoms with Gasteiger partial charge in [0.2, 0.25) is 0 Å². The lowest BCUT2D eigenvalue weighted by Crippen LogP contribution is -1.96. The Hall–Kier alpha value is 0.01000. The number of methoxy groups -OCH3 is 1. The molecule has 10 heavy (non-hydrogen) atoms. The van der Waals surface area contributed by atoms with Gasteiger partial charge < -0.3 is 4.74 Å². The Morgan fingerprint density at radius 3 is 2.80 bits per heavy atom. The zero-order chi connectivity index (χ0) is 7.56. The molecule has 1 rings (SSSR count). The lowest BCUT2D eigenvalue weighted by Gasteiger charge is -2.13. The molecular weight excluding hydrogens is 239 g/mol. The van der Waals surface area contributed by atoms with E-state index in [0.717, 1.165) is 12.2 Å². The number of ether oxygens (including phenoxy) is 1. The molecule has 0 aromatic rings. The van der Waals surface area contributed by atoms with E-state index in [4.69, 9.17) is 4.74 Å². The van der Waals surface area contributed by atoms with Gasteiger partial charge in [-0.1, -0.05) is 0 Å². The third-order valence-electron chi connectivity index (χ3n) is 1.56. The molecule has 1 aliphatic rings. The second kappa shape index (κ2) is 3.42. The monoisotopic (exact) mass is 249 g/mol. The van der Waals surface area contributed by atoms with Crippen molar-refractivity contribution in [2.24, 2.45) is 0 Å². The molecule has 0 bridgehead atoms. The Balaban J connectivity index is 2.83. The van der Waals surface area contributed by atoms with Gasteiger partial charge in [0.15, 0.2) is 0 Å². The molecule has 0 unspecified atom stereocenters. The lowest BCUT2D eigenvalue weighted by atomic mass is 10.1. The Morgan fingerprint density at radius 1 is 1.60 bits per heavy atom. The Bertz CT molecular complexity index is 191. The van der Waals surface area contributed by atoms with Crippen molar-refractivity contribution in [3.63, 3.8) is 0 Å². The van der Waals surface area contributed by atoms with Crippen molar-refractivity contribution in [1.82, 2.24) is 0 Å². The molecule has 1 nitrogen and oxygen atoms in total. The van der Waals surface area contributed by atoms with Crippen molar-refractivity contribution in [1.29, 1.82) is 0 Å². The molecule has 0 amide bonds. The summed E-state index contributed by atoms with van der Waals surface area (Å²) in [6.07, 6.45) is 5.20. The van der Waals surface area contributed by atoms with Crippen LogP contribution in [-0.4, -0.2) is 7.11 Å². The average molecular weight is 249 g/mol. The van der Waals surface area contributed by atoms with Crippen molar-refractivity contribution >= 4 is 22.6 Å². The maximum Gasteiger partial charge on any atom is 0.118 e. The minimum atomic E-state index is 0.996. The highest BCUT2D eigenvalue weighted by molar-refractivity contribution is 14.1.